The molecule has 0 amide bonds. The van der Waals surface area contributed by atoms with Gasteiger partial charge in [-0.2, -0.15) is 0 Å². The minimum atomic E-state index is -0.341. The van der Waals surface area contributed by atoms with E-state index in [1.165, 1.54) is 17.7 Å². The lowest BCUT2D eigenvalue weighted by Crippen LogP contribution is -2.11. The van der Waals surface area contributed by atoms with E-state index in [0.29, 0.717) is 12.3 Å². The lowest BCUT2D eigenvalue weighted by Gasteiger charge is -2.19. The summed E-state index contributed by atoms with van der Waals surface area (Å²) in [6.07, 6.45) is 0. The number of nitrogen functional groups attached to an aromatic ring is 1. The molecule has 0 aliphatic rings. The number of nitrogens with two attached hydrogens (primary N) is 1. The van der Waals surface area contributed by atoms with Crippen LogP contribution in [0, 0.1) is 5.82 Å². The van der Waals surface area contributed by atoms with Gasteiger partial charge in [0, 0.05) is 5.69 Å². The Bertz CT molecular complexity index is 582. The van der Waals surface area contributed by atoms with Crippen LogP contribution in [0.25, 0.3) is 0 Å². The molecule has 0 heterocycles. The number of rotatable bonds is 3. The Morgan fingerprint density at radius 3 is 2.50 bits per heavy atom. The third-order valence-corrected chi connectivity index (χ3v) is 3.09. The minimum Gasteiger partial charge on any atom is -0.489 e. The zero-order chi connectivity index (χ0) is 14.8. The molecule has 0 aliphatic carbocycles. The molecule has 0 saturated heterocycles. The van der Waals surface area contributed by atoms with Gasteiger partial charge in [0.1, 0.15) is 18.2 Å². The summed E-state index contributed by atoms with van der Waals surface area (Å²) in [6.45, 7) is 6.76. The number of anilines is 1. The van der Waals surface area contributed by atoms with E-state index in [2.05, 4.69) is 26.8 Å². The second-order valence-electron chi connectivity index (χ2n) is 5.96. The van der Waals surface area contributed by atoms with E-state index in [9.17, 15) is 4.39 Å². The third kappa shape index (κ3) is 3.73. The first-order valence-electron chi connectivity index (χ1n) is 6.63. The number of halogens is 1. The van der Waals surface area contributed by atoms with Crippen LogP contribution in [-0.4, -0.2) is 0 Å². The Morgan fingerprint density at radius 1 is 1.10 bits per heavy atom. The molecule has 20 heavy (non-hydrogen) atoms. The molecule has 2 aromatic carbocycles. The highest BCUT2D eigenvalue weighted by Crippen LogP contribution is 2.26. The fourth-order valence-electron chi connectivity index (χ4n) is 1.98. The maximum Gasteiger partial charge on any atom is 0.125 e. The molecule has 0 bridgehead atoms. The van der Waals surface area contributed by atoms with E-state index in [1.54, 1.807) is 6.07 Å². The van der Waals surface area contributed by atoms with Gasteiger partial charge in [0.25, 0.3) is 0 Å². The maximum absolute atomic E-state index is 13.2. The first-order chi connectivity index (χ1) is 9.34. The van der Waals surface area contributed by atoms with Crippen molar-refractivity contribution in [2.24, 2.45) is 0 Å². The largest absolute Gasteiger partial charge is 0.489 e. The van der Waals surface area contributed by atoms with Crippen LogP contribution >= 0.6 is 0 Å². The van der Waals surface area contributed by atoms with E-state index in [4.69, 9.17) is 10.5 Å². The average molecular weight is 273 g/mol. The highest BCUT2D eigenvalue weighted by molar-refractivity contribution is 5.41. The zero-order valence-electron chi connectivity index (χ0n) is 12.1. The van der Waals surface area contributed by atoms with E-state index >= 15 is 0 Å². The van der Waals surface area contributed by atoms with Gasteiger partial charge in [-0.3, -0.25) is 0 Å². The number of benzene rings is 2. The summed E-state index contributed by atoms with van der Waals surface area (Å²) in [4.78, 5) is 0. The summed E-state index contributed by atoms with van der Waals surface area (Å²) < 4.78 is 19.0. The SMILES string of the molecule is CC(C)(C)c1cccc(OCc2cc(N)cc(F)c2)c1. The molecule has 2 aromatic rings. The van der Waals surface area contributed by atoms with Crippen LogP contribution in [0.15, 0.2) is 42.5 Å². The van der Waals surface area contributed by atoms with Gasteiger partial charge in [-0.25, -0.2) is 4.39 Å². The highest BCUT2D eigenvalue weighted by Gasteiger charge is 2.13. The van der Waals surface area contributed by atoms with Gasteiger partial charge >= 0.3 is 0 Å². The highest BCUT2D eigenvalue weighted by atomic mass is 19.1. The molecular weight excluding hydrogens is 253 g/mol. The van der Waals surface area contributed by atoms with Crippen LogP contribution in [0.2, 0.25) is 0 Å². The smallest absolute Gasteiger partial charge is 0.125 e. The van der Waals surface area contributed by atoms with Crippen molar-refractivity contribution in [1.82, 2.24) is 0 Å². The fraction of sp³-hybridized carbons (Fsp3) is 0.294. The van der Waals surface area contributed by atoms with Crippen LogP contribution < -0.4 is 10.5 Å². The maximum atomic E-state index is 13.2. The van der Waals surface area contributed by atoms with Crippen LogP contribution in [-0.2, 0) is 12.0 Å². The molecule has 0 atom stereocenters. The molecule has 0 radical (unpaired) electrons. The Kier molecular flexibility index (Phi) is 3.98. The van der Waals surface area contributed by atoms with Gasteiger partial charge in [0.2, 0.25) is 0 Å². The van der Waals surface area contributed by atoms with Crippen molar-refractivity contribution in [3.63, 3.8) is 0 Å². The summed E-state index contributed by atoms with van der Waals surface area (Å²) in [5.41, 5.74) is 8.02. The third-order valence-electron chi connectivity index (χ3n) is 3.09. The quantitative estimate of drug-likeness (QED) is 0.847. The monoisotopic (exact) mass is 273 g/mol. The zero-order valence-corrected chi connectivity index (χ0v) is 12.1. The van der Waals surface area contributed by atoms with E-state index in [1.807, 2.05) is 18.2 Å². The number of hydrogen-bond acceptors (Lipinski definition) is 2. The van der Waals surface area contributed by atoms with Crippen molar-refractivity contribution in [3.8, 4) is 5.75 Å². The lowest BCUT2D eigenvalue weighted by molar-refractivity contribution is 0.305. The van der Waals surface area contributed by atoms with E-state index in [0.717, 1.165) is 11.3 Å². The van der Waals surface area contributed by atoms with E-state index < -0.39 is 0 Å². The minimum absolute atomic E-state index is 0.0721. The van der Waals surface area contributed by atoms with Crippen molar-refractivity contribution in [2.45, 2.75) is 32.8 Å². The molecule has 0 saturated carbocycles. The van der Waals surface area contributed by atoms with Gasteiger partial charge in [-0.15, -0.1) is 0 Å². The molecule has 0 fully saturated rings. The molecule has 106 valence electrons. The molecular formula is C17H20FNO. The van der Waals surface area contributed by atoms with Crippen molar-refractivity contribution in [1.29, 1.82) is 0 Å². The van der Waals surface area contributed by atoms with Gasteiger partial charge in [0.05, 0.1) is 0 Å². The second kappa shape index (κ2) is 5.53. The predicted molar refractivity (Wildman–Crippen MR) is 80.3 cm³/mol. The summed E-state index contributed by atoms with van der Waals surface area (Å²) in [7, 11) is 0. The Balaban J connectivity index is 2.11. The molecule has 2 rings (SSSR count). The van der Waals surface area contributed by atoms with Crippen molar-refractivity contribution < 1.29 is 9.13 Å². The van der Waals surface area contributed by atoms with Crippen molar-refractivity contribution in [3.05, 3.63) is 59.4 Å². The van der Waals surface area contributed by atoms with Gasteiger partial charge in [-0.05, 0) is 46.9 Å². The molecule has 3 heteroatoms. The van der Waals surface area contributed by atoms with Crippen LogP contribution in [0.3, 0.4) is 0 Å². The predicted octanol–water partition coefficient (Wildman–Crippen LogP) is 4.28. The normalized spacial score (nSPS) is 11.4. The first kappa shape index (κ1) is 14.4. The number of ether oxygens (including phenoxy) is 1. The topological polar surface area (TPSA) is 35.2 Å². The van der Waals surface area contributed by atoms with Gasteiger partial charge in [0.15, 0.2) is 0 Å². The summed E-state index contributed by atoms with van der Waals surface area (Å²) in [5, 5.41) is 0. The molecule has 0 aromatic heterocycles. The standard InChI is InChI=1S/C17H20FNO/c1-17(2,3)13-5-4-6-16(9-13)20-11-12-7-14(18)10-15(19)8-12/h4-10H,11,19H2,1-3H3. The Labute approximate surface area is 119 Å². The van der Waals surface area contributed by atoms with Crippen molar-refractivity contribution >= 4 is 5.69 Å². The van der Waals surface area contributed by atoms with Crippen LogP contribution in [0.1, 0.15) is 31.9 Å². The molecule has 0 unspecified atom stereocenters. The summed E-state index contributed by atoms with van der Waals surface area (Å²) in [5.74, 6) is 0.437. The fourth-order valence-corrected chi connectivity index (χ4v) is 1.98. The van der Waals surface area contributed by atoms with Gasteiger partial charge < -0.3 is 10.5 Å². The lowest BCUT2D eigenvalue weighted by atomic mass is 9.87. The van der Waals surface area contributed by atoms with Gasteiger partial charge in [-0.1, -0.05) is 32.9 Å². The molecule has 2 nitrogen and oxygen atoms in total. The Morgan fingerprint density at radius 2 is 1.85 bits per heavy atom. The van der Waals surface area contributed by atoms with Crippen LogP contribution in [0.4, 0.5) is 10.1 Å². The summed E-state index contributed by atoms with van der Waals surface area (Å²) in [6, 6.07) is 12.4. The molecule has 2 N–H and O–H groups in total. The second-order valence-corrected chi connectivity index (χ2v) is 5.96. The van der Waals surface area contributed by atoms with E-state index in [-0.39, 0.29) is 11.2 Å². The molecule has 0 aliphatic heterocycles. The summed E-state index contributed by atoms with van der Waals surface area (Å²) >= 11 is 0. The molecule has 0 spiro atoms. The average Bonchev–Trinajstić information content (AvgIpc) is 2.35. The van der Waals surface area contributed by atoms with Crippen LogP contribution in [0.5, 0.6) is 5.75 Å². The number of hydrogen-bond donors (Lipinski definition) is 1. The van der Waals surface area contributed by atoms with Crippen molar-refractivity contribution in [2.75, 3.05) is 5.73 Å². The Hall–Kier alpha value is -2.03. The first-order valence-corrected chi connectivity index (χ1v) is 6.63.